The number of rotatable bonds is 4. The van der Waals surface area contributed by atoms with E-state index in [2.05, 4.69) is 28.5 Å². The van der Waals surface area contributed by atoms with Crippen LogP contribution in [0.2, 0.25) is 0 Å². The summed E-state index contributed by atoms with van der Waals surface area (Å²) >= 11 is 0. The van der Waals surface area contributed by atoms with Crippen molar-refractivity contribution < 1.29 is 4.42 Å². The van der Waals surface area contributed by atoms with Gasteiger partial charge in [-0.25, -0.2) is 0 Å². The molecule has 0 aliphatic heterocycles. The van der Waals surface area contributed by atoms with Crippen LogP contribution < -0.4 is 5.32 Å². The lowest BCUT2D eigenvalue weighted by Crippen LogP contribution is -2.23. The van der Waals surface area contributed by atoms with E-state index >= 15 is 0 Å². The molecule has 0 fully saturated rings. The Labute approximate surface area is 101 Å². The van der Waals surface area contributed by atoms with Gasteiger partial charge in [-0.2, -0.15) is 10.2 Å². The van der Waals surface area contributed by atoms with Crippen LogP contribution >= 0.6 is 0 Å². The van der Waals surface area contributed by atoms with Crippen LogP contribution in [0.1, 0.15) is 35.7 Å². The average Bonchev–Trinajstić information content (AvgIpc) is 2.83. The standard InChI is InChI=1S/C13H17N3O/c1-4-14-13(12-6-5-7-17-12)11-8-9(2)15-16-10(11)3/h5-8,13-14H,4H2,1-3H3. The molecule has 0 bridgehead atoms. The molecule has 1 N–H and O–H groups in total. The maximum atomic E-state index is 5.49. The van der Waals surface area contributed by atoms with Crippen molar-refractivity contribution in [1.29, 1.82) is 0 Å². The van der Waals surface area contributed by atoms with Gasteiger partial charge in [0.05, 0.1) is 23.7 Å². The monoisotopic (exact) mass is 231 g/mol. The SMILES string of the molecule is CCNC(c1ccco1)c1cc(C)nnc1C. The fraction of sp³-hybridized carbons (Fsp3) is 0.385. The maximum absolute atomic E-state index is 5.49. The molecule has 0 aliphatic rings. The molecule has 2 heterocycles. The first-order chi connectivity index (χ1) is 8.22. The van der Waals surface area contributed by atoms with E-state index < -0.39 is 0 Å². The van der Waals surface area contributed by atoms with E-state index in [0.29, 0.717) is 0 Å². The Bertz CT molecular complexity index is 479. The van der Waals surface area contributed by atoms with Gasteiger partial charge in [-0.15, -0.1) is 0 Å². The van der Waals surface area contributed by atoms with E-state index in [1.807, 2.05) is 26.0 Å². The smallest absolute Gasteiger partial charge is 0.125 e. The Hall–Kier alpha value is -1.68. The van der Waals surface area contributed by atoms with Crippen molar-refractivity contribution in [2.75, 3.05) is 6.54 Å². The van der Waals surface area contributed by atoms with Crippen LogP contribution in [-0.4, -0.2) is 16.7 Å². The van der Waals surface area contributed by atoms with Crippen LogP contribution in [0.25, 0.3) is 0 Å². The third-order valence-electron chi connectivity index (χ3n) is 2.69. The Balaban J connectivity index is 2.42. The lowest BCUT2D eigenvalue weighted by molar-refractivity contribution is 0.450. The van der Waals surface area contributed by atoms with E-state index in [0.717, 1.165) is 29.3 Å². The van der Waals surface area contributed by atoms with Crippen molar-refractivity contribution in [3.8, 4) is 0 Å². The third-order valence-corrected chi connectivity index (χ3v) is 2.69. The zero-order valence-electron chi connectivity index (χ0n) is 10.4. The molecule has 0 aromatic carbocycles. The second-order valence-corrected chi connectivity index (χ2v) is 4.03. The number of hydrogen-bond donors (Lipinski definition) is 1. The number of nitrogens with one attached hydrogen (secondary N) is 1. The van der Waals surface area contributed by atoms with Gasteiger partial charge in [0.25, 0.3) is 0 Å². The molecule has 0 amide bonds. The molecule has 90 valence electrons. The van der Waals surface area contributed by atoms with Gasteiger partial charge < -0.3 is 9.73 Å². The van der Waals surface area contributed by atoms with Gasteiger partial charge in [-0.1, -0.05) is 6.92 Å². The van der Waals surface area contributed by atoms with Crippen molar-refractivity contribution in [2.24, 2.45) is 0 Å². The molecule has 1 atom stereocenters. The minimum Gasteiger partial charge on any atom is -0.467 e. The fourth-order valence-electron chi connectivity index (χ4n) is 1.89. The van der Waals surface area contributed by atoms with Crippen LogP contribution in [0.15, 0.2) is 28.9 Å². The summed E-state index contributed by atoms with van der Waals surface area (Å²) in [6.07, 6.45) is 1.69. The lowest BCUT2D eigenvalue weighted by Gasteiger charge is -2.17. The summed E-state index contributed by atoms with van der Waals surface area (Å²) in [6, 6.07) is 5.97. The van der Waals surface area contributed by atoms with E-state index in [1.165, 1.54) is 0 Å². The van der Waals surface area contributed by atoms with Crippen molar-refractivity contribution >= 4 is 0 Å². The second-order valence-electron chi connectivity index (χ2n) is 4.03. The minimum atomic E-state index is 0.0456. The second kappa shape index (κ2) is 5.10. The molecular formula is C13H17N3O. The zero-order valence-corrected chi connectivity index (χ0v) is 10.4. The summed E-state index contributed by atoms with van der Waals surface area (Å²) in [4.78, 5) is 0. The highest BCUT2D eigenvalue weighted by Gasteiger charge is 2.18. The van der Waals surface area contributed by atoms with E-state index in [-0.39, 0.29) is 6.04 Å². The summed E-state index contributed by atoms with van der Waals surface area (Å²) < 4.78 is 5.49. The number of nitrogens with zero attached hydrogens (tertiary/aromatic N) is 2. The average molecular weight is 231 g/mol. The molecule has 0 aliphatic carbocycles. The zero-order chi connectivity index (χ0) is 12.3. The molecule has 0 saturated carbocycles. The van der Waals surface area contributed by atoms with Crippen LogP contribution in [0.5, 0.6) is 0 Å². The van der Waals surface area contributed by atoms with Crippen molar-refractivity contribution in [3.05, 3.63) is 47.2 Å². The molecule has 0 spiro atoms. The van der Waals surface area contributed by atoms with E-state index in [1.54, 1.807) is 6.26 Å². The van der Waals surface area contributed by atoms with Gasteiger partial charge in [-0.3, -0.25) is 0 Å². The Morgan fingerprint density at radius 1 is 1.35 bits per heavy atom. The van der Waals surface area contributed by atoms with Gasteiger partial charge in [0, 0.05) is 5.56 Å². The molecule has 2 aromatic rings. The van der Waals surface area contributed by atoms with Crippen LogP contribution in [0, 0.1) is 13.8 Å². The van der Waals surface area contributed by atoms with Crippen LogP contribution in [0.3, 0.4) is 0 Å². The molecule has 0 saturated heterocycles. The highest BCUT2D eigenvalue weighted by molar-refractivity contribution is 5.29. The number of aryl methyl sites for hydroxylation is 2. The predicted octanol–water partition coefficient (Wildman–Crippen LogP) is 2.39. The Kier molecular flexibility index (Phi) is 3.54. The molecule has 17 heavy (non-hydrogen) atoms. The molecule has 0 radical (unpaired) electrons. The maximum Gasteiger partial charge on any atom is 0.125 e. The third kappa shape index (κ3) is 2.53. The number of furan rings is 1. The van der Waals surface area contributed by atoms with Crippen molar-refractivity contribution in [1.82, 2.24) is 15.5 Å². The summed E-state index contributed by atoms with van der Waals surface area (Å²) in [5.41, 5.74) is 2.97. The minimum absolute atomic E-state index is 0.0456. The Morgan fingerprint density at radius 3 is 2.82 bits per heavy atom. The van der Waals surface area contributed by atoms with Crippen LogP contribution in [-0.2, 0) is 0 Å². The van der Waals surface area contributed by atoms with Gasteiger partial charge >= 0.3 is 0 Å². The molecule has 2 rings (SSSR count). The van der Waals surface area contributed by atoms with Gasteiger partial charge in [0.1, 0.15) is 5.76 Å². The lowest BCUT2D eigenvalue weighted by atomic mass is 10.0. The summed E-state index contributed by atoms with van der Waals surface area (Å²) in [7, 11) is 0. The van der Waals surface area contributed by atoms with Gasteiger partial charge in [-0.05, 0) is 38.6 Å². The molecule has 2 aromatic heterocycles. The highest BCUT2D eigenvalue weighted by atomic mass is 16.3. The first kappa shape index (κ1) is 11.8. The molecule has 4 heteroatoms. The molecule has 1 unspecified atom stereocenters. The number of aromatic nitrogens is 2. The fourth-order valence-corrected chi connectivity index (χ4v) is 1.89. The number of hydrogen-bond acceptors (Lipinski definition) is 4. The van der Waals surface area contributed by atoms with Gasteiger partial charge in [0.2, 0.25) is 0 Å². The normalized spacial score (nSPS) is 12.6. The summed E-state index contributed by atoms with van der Waals surface area (Å²) in [5.74, 6) is 0.905. The first-order valence-electron chi connectivity index (χ1n) is 5.80. The van der Waals surface area contributed by atoms with Crippen molar-refractivity contribution in [2.45, 2.75) is 26.8 Å². The highest BCUT2D eigenvalue weighted by Crippen LogP contribution is 2.24. The Morgan fingerprint density at radius 2 is 2.18 bits per heavy atom. The topological polar surface area (TPSA) is 51.0 Å². The van der Waals surface area contributed by atoms with Gasteiger partial charge in [0.15, 0.2) is 0 Å². The van der Waals surface area contributed by atoms with E-state index in [4.69, 9.17) is 4.42 Å². The quantitative estimate of drug-likeness (QED) is 0.877. The summed E-state index contributed by atoms with van der Waals surface area (Å²) in [6.45, 7) is 6.86. The summed E-state index contributed by atoms with van der Waals surface area (Å²) in [5, 5.41) is 11.6. The largest absolute Gasteiger partial charge is 0.467 e. The van der Waals surface area contributed by atoms with E-state index in [9.17, 15) is 0 Å². The predicted molar refractivity (Wildman–Crippen MR) is 65.7 cm³/mol. The molecular weight excluding hydrogens is 214 g/mol. The molecule has 4 nitrogen and oxygen atoms in total. The van der Waals surface area contributed by atoms with Crippen LogP contribution in [0.4, 0.5) is 0 Å². The van der Waals surface area contributed by atoms with Crippen molar-refractivity contribution in [3.63, 3.8) is 0 Å². The first-order valence-corrected chi connectivity index (χ1v) is 5.80.